The monoisotopic (exact) mass is 420 g/mol. The molecule has 0 saturated carbocycles. The van der Waals surface area contributed by atoms with E-state index in [2.05, 4.69) is 10.0 Å². The van der Waals surface area contributed by atoms with Crippen LogP contribution in [0.4, 0.5) is 5.69 Å². The zero-order chi connectivity index (χ0) is 21.4. The summed E-state index contributed by atoms with van der Waals surface area (Å²) in [6.45, 7) is 3.81. The Morgan fingerprint density at radius 3 is 2.38 bits per heavy atom. The standard InChI is InChI=1S/C20H24N2O6S/c1-14-4-5-15(2)18(12-14)29(25,26)22-17-8-6-16(7-9-17)20(24)28-13-19(23)21-10-11-27-3/h4-9,12,22H,10-11,13H2,1-3H3,(H,21,23). The van der Waals surface area contributed by atoms with Crippen LogP contribution in [0, 0.1) is 13.8 Å². The van der Waals surface area contributed by atoms with E-state index in [1.165, 1.54) is 31.4 Å². The maximum absolute atomic E-state index is 12.6. The molecule has 0 aliphatic heterocycles. The summed E-state index contributed by atoms with van der Waals surface area (Å²) < 4.78 is 37.5. The van der Waals surface area contributed by atoms with Crippen LogP contribution < -0.4 is 10.0 Å². The van der Waals surface area contributed by atoms with Gasteiger partial charge in [-0.1, -0.05) is 12.1 Å². The lowest BCUT2D eigenvalue weighted by atomic mass is 10.2. The zero-order valence-corrected chi connectivity index (χ0v) is 17.3. The molecule has 0 aromatic heterocycles. The molecule has 0 atom stereocenters. The summed E-state index contributed by atoms with van der Waals surface area (Å²) in [6.07, 6.45) is 0. The van der Waals surface area contributed by atoms with Gasteiger partial charge in [-0.25, -0.2) is 13.2 Å². The largest absolute Gasteiger partial charge is 0.452 e. The third-order valence-electron chi connectivity index (χ3n) is 3.97. The number of sulfonamides is 1. The topological polar surface area (TPSA) is 111 Å². The summed E-state index contributed by atoms with van der Waals surface area (Å²) in [6, 6.07) is 10.9. The van der Waals surface area contributed by atoms with Gasteiger partial charge in [0.05, 0.1) is 17.1 Å². The van der Waals surface area contributed by atoms with E-state index in [0.29, 0.717) is 24.4 Å². The van der Waals surface area contributed by atoms with Crippen molar-refractivity contribution < 1.29 is 27.5 Å². The molecule has 156 valence electrons. The van der Waals surface area contributed by atoms with Crippen LogP contribution in [0.2, 0.25) is 0 Å². The summed E-state index contributed by atoms with van der Waals surface area (Å²) in [4.78, 5) is 23.7. The number of ether oxygens (including phenoxy) is 2. The molecule has 9 heteroatoms. The maximum Gasteiger partial charge on any atom is 0.338 e. The average Bonchev–Trinajstić information content (AvgIpc) is 2.68. The van der Waals surface area contributed by atoms with Crippen LogP contribution >= 0.6 is 0 Å². The number of nitrogens with one attached hydrogen (secondary N) is 2. The Morgan fingerprint density at radius 2 is 1.72 bits per heavy atom. The molecular formula is C20H24N2O6S. The first-order chi connectivity index (χ1) is 13.7. The second kappa shape index (κ2) is 10.0. The molecule has 8 nitrogen and oxygen atoms in total. The van der Waals surface area contributed by atoms with Gasteiger partial charge in [-0.3, -0.25) is 9.52 Å². The van der Waals surface area contributed by atoms with Gasteiger partial charge < -0.3 is 14.8 Å². The Labute approximate surface area is 170 Å². The van der Waals surface area contributed by atoms with Crippen LogP contribution in [0.1, 0.15) is 21.5 Å². The number of aryl methyl sites for hydroxylation is 2. The van der Waals surface area contributed by atoms with E-state index >= 15 is 0 Å². The minimum Gasteiger partial charge on any atom is -0.452 e. The number of methoxy groups -OCH3 is 1. The number of rotatable bonds is 9. The molecule has 0 saturated heterocycles. The molecule has 2 aromatic carbocycles. The number of benzene rings is 2. The first-order valence-corrected chi connectivity index (χ1v) is 10.3. The lowest BCUT2D eigenvalue weighted by Crippen LogP contribution is -2.31. The zero-order valence-electron chi connectivity index (χ0n) is 16.5. The van der Waals surface area contributed by atoms with E-state index in [1.54, 1.807) is 19.1 Å². The van der Waals surface area contributed by atoms with Crippen molar-refractivity contribution in [2.75, 3.05) is 31.6 Å². The highest BCUT2D eigenvalue weighted by Gasteiger charge is 2.17. The summed E-state index contributed by atoms with van der Waals surface area (Å²) in [5.74, 6) is -1.12. The first-order valence-electron chi connectivity index (χ1n) is 8.86. The smallest absolute Gasteiger partial charge is 0.338 e. The van der Waals surface area contributed by atoms with Crippen molar-refractivity contribution in [1.82, 2.24) is 5.32 Å². The van der Waals surface area contributed by atoms with E-state index in [0.717, 1.165) is 5.56 Å². The number of hydrogen-bond donors (Lipinski definition) is 2. The number of carbonyl (C=O) groups is 2. The molecular weight excluding hydrogens is 396 g/mol. The maximum atomic E-state index is 12.6. The predicted octanol–water partition coefficient (Wildman–Crippen LogP) is 2.02. The fraction of sp³-hybridized carbons (Fsp3) is 0.300. The van der Waals surface area contributed by atoms with Crippen molar-refractivity contribution in [3.63, 3.8) is 0 Å². The molecule has 0 bridgehead atoms. The Balaban J connectivity index is 1.98. The van der Waals surface area contributed by atoms with E-state index in [-0.39, 0.29) is 10.5 Å². The minimum absolute atomic E-state index is 0.195. The summed E-state index contributed by atoms with van der Waals surface area (Å²) in [5.41, 5.74) is 1.97. The van der Waals surface area contributed by atoms with Crippen LogP contribution in [0.5, 0.6) is 0 Å². The van der Waals surface area contributed by atoms with Crippen molar-refractivity contribution in [2.45, 2.75) is 18.7 Å². The van der Waals surface area contributed by atoms with Gasteiger partial charge in [0, 0.05) is 19.3 Å². The normalized spacial score (nSPS) is 11.0. The molecule has 2 rings (SSSR count). The number of hydrogen-bond acceptors (Lipinski definition) is 6. The van der Waals surface area contributed by atoms with Crippen molar-refractivity contribution in [3.8, 4) is 0 Å². The van der Waals surface area contributed by atoms with E-state index < -0.39 is 28.5 Å². The third-order valence-corrected chi connectivity index (χ3v) is 5.49. The summed E-state index contributed by atoms with van der Waals surface area (Å²) in [5, 5.41) is 2.53. The molecule has 0 spiro atoms. The van der Waals surface area contributed by atoms with E-state index in [4.69, 9.17) is 9.47 Å². The highest BCUT2D eigenvalue weighted by Crippen LogP contribution is 2.21. The molecule has 0 aliphatic carbocycles. The first kappa shape index (κ1) is 22.4. The molecule has 2 N–H and O–H groups in total. The third kappa shape index (κ3) is 6.58. The predicted molar refractivity (Wildman–Crippen MR) is 108 cm³/mol. The van der Waals surface area contributed by atoms with Gasteiger partial charge in [0.15, 0.2) is 6.61 Å². The van der Waals surface area contributed by atoms with E-state index in [1.807, 2.05) is 13.0 Å². The second-order valence-electron chi connectivity index (χ2n) is 6.37. The summed E-state index contributed by atoms with van der Waals surface area (Å²) >= 11 is 0. The Morgan fingerprint density at radius 1 is 1.03 bits per heavy atom. The van der Waals surface area contributed by atoms with E-state index in [9.17, 15) is 18.0 Å². The molecule has 1 amide bonds. The number of amides is 1. The van der Waals surface area contributed by atoms with Gasteiger partial charge in [-0.05, 0) is 55.3 Å². The van der Waals surface area contributed by atoms with Crippen LogP contribution in [0.3, 0.4) is 0 Å². The average molecular weight is 420 g/mol. The van der Waals surface area contributed by atoms with Crippen molar-refractivity contribution >= 4 is 27.6 Å². The second-order valence-corrected chi connectivity index (χ2v) is 8.02. The van der Waals surface area contributed by atoms with Gasteiger partial charge in [0.1, 0.15) is 0 Å². The van der Waals surface area contributed by atoms with Gasteiger partial charge in [0.2, 0.25) is 0 Å². The number of anilines is 1. The molecule has 0 heterocycles. The lowest BCUT2D eigenvalue weighted by Gasteiger charge is -2.11. The Bertz CT molecular complexity index is 971. The van der Waals surface area contributed by atoms with Crippen LogP contribution in [-0.2, 0) is 24.3 Å². The Kier molecular flexibility index (Phi) is 7.74. The SMILES string of the molecule is COCCNC(=O)COC(=O)c1ccc(NS(=O)(=O)c2cc(C)ccc2C)cc1. The molecule has 0 aliphatic rings. The van der Waals surface area contributed by atoms with Crippen LogP contribution in [-0.4, -0.2) is 47.2 Å². The minimum atomic E-state index is -3.76. The molecule has 2 aromatic rings. The van der Waals surface area contributed by atoms with Gasteiger partial charge in [0.25, 0.3) is 15.9 Å². The highest BCUT2D eigenvalue weighted by atomic mass is 32.2. The van der Waals surface area contributed by atoms with Gasteiger partial charge in [-0.2, -0.15) is 0 Å². The fourth-order valence-electron chi connectivity index (χ4n) is 2.44. The van der Waals surface area contributed by atoms with Crippen molar-refractivity contribution in [1.29, 1.82) is 0 Å². The molecule has 0 unspecified atom stereocenters. The Hall–Kier alpha value is -2.91. The molecule has 0 fully saturated rings. The van der Waals surface area contributed by atoms with Crippen molar-refractivity contribution in [2.24, 2.45) is 0 Å². The van der Waals surface area contributed by atoms with Gasteiger partial charge >= 0.3 is 5.97 Å². The summed E-state index contributed by atoms with van der Waals surface area (Å²) in [7, 11) is -2.25. The highest BCUT2D eigenvalue weighted by molar-refractivity contribution is 7.92. The molecule has 29 heavy (non-hydrogen) atoms. The lowest BCUT2D eigenvalue weighted by molar-refractivity contribution is -0.124. The number of esters is 1. The van der Waals surface area contributed by atoms with Crippen LogP contribution in [0.25, 0.3) is 0 Å². The van der Waals surface area contributed by atoms with Gasteiger partial charge in [-0.15, -0.1) is 0 Å². The number of carbonyl (C=O) groups excluding carboxylic acids is 2. The quantitative estimate of drug-likeness (QED) is 0.474. The molecule has 0 radical (unpaired) electrons. The van der Waals surface area contributed by atoms with Crippen molar-refractivity contribution in [3.05, 3.63) is 59.2 Å². The van der Waals surface area contributed by atoms with Crippen LogP contribution in [0.15, 0.2) is 47.4 Å². The fourth-order valence-corrected chi connectivity index (χ4v) is 3.83.